The molecule has 1 aliphatic rings. The number of piperazine rings is 1. The number of nitrogens with two attached hydrogens (primary N) is 1. The highest BCUT2D eigenvalue weighted by Crippen LogP contribution is 2.25. The van der Waals surface area contributed by atoms with Gasteiger partial charge >= 0.3 is 0 Å². The second-order valence-corrected chi connectivity index (χ2v) is 4.88. The Balaban J connectivity index is 2.31. The predicted octanol–water partition coefficient (Wildman–Crippen LogP) is 1.35. The zero-order valence-electron chi connectivity index (χ0n) is 10.1. The molecule has 6 heteroatoms. The summed E-state index contributed by atoms with van der Waals surface area (Å²) in [6.07, 6.45) is 0. The number of rotatable bonds is 2. The van der Waals surface area contributed by atoms with Crippen LogP contribution in [-0.2, 0) is 0 Å². The predicted molar refractivity (Wildman–Crippen MR) is 72.0 cm³/mol. The smallest absolute Gasteiger partial charge is 0.150 e. The molecule has 0 unspecified atom stereocenters. The van der Waals surface area contributed by atoms with E-state index in [0.717, 1.165) is 13.1 Å². The highest BCUT2D eigenvalue weighted by molar-refractivity contribution is 7.80. The quantitative estimate of drug-likeness (QED) is 0.823. The van der Waals surface area contributed by atoms with Crippen molar-refractivity contribution in [2.45, 2.75) is 0 Å². The van der Waals surface area contributed by atoms with E-state index in [9.17, 15) is 8.78 Å². The molecule has 0 bridgehead atoms. The van der Waals surface area contributed by atoms with Crippen LogP contribution >= 0.6 is 12.2 Å². The summed E-state index contributed by atoms with van der Waals surface area (Å²) in [6.45, 7) is 2.79. The molecule has 2 N–H and O–H groups in total. The van der Waals surface area contributed by atoms with Crippen LogP contribution in [-0.4, -0.2) is 43.1 Å². The SMILES string of the molecule is CN1CCN(c2c(F)cc(C(N)=S)cc2F)CC1. The van der Waals surface area contributed by atoms with Crippen LogP contribution in [0.5, 0.6) is 0 Å². The van der Waals surface area contributed by atoms with Crippen LogP contribution < -0.4 is 10.6 Å². The van der Waals surface area contributed by atoms with E-state index in [4.69, 9.17) is 18.0 Å². The normalized spacial score (nSPS) is 16.9. The molecule has 0 spiro atoms. The summed E-state index contributed by atoms with van der Waals surface area (Å²) in [5, 5.41) is 0. The minimum atomic E-state index is -0.609. The number of likely N-dealkylation sites (N-methyl/N-ethyl adjacent to an activating group) is 1. The fourth-order valence-electron chi connectivity index (χ4n) is 2.04. The Hall–Kier alpha value is -1.27. The van der Waals surface area contributed by atoms with Crippen molar-refractivity contribution in [2.75, 3.05) is 38.1 Å². The number of thiocarbonyl (C=S) groups is 1. The molecule has 3 nitrogen and oxygen atoms in total. The average molecular weight is 271 g/mol. The van der Waals surface area contributed by atoms with Gasteiger partial charge in [0, 0.05) is 31.7 Å². The molecule has 1 heterocycles. The van der Waals surface area contributed by atoms with E-state index in [1.807, 2.05) is 7.05 Å². The van der Waals surface area contributed by atoms with E-state index in [1.54, 1.807) is 4.90 Å². The molecule has 0 aromatic heterocycles. The minimum Gasteiger partial charge on any atom is -0.389 e. The number of benzene rings is 1. The maximum atomic E-state index is 13.9. The Morgan fingerprint density at radius 2 is 1.67 bits per heavy atom. The van der Waals surface area contributed by atoms with E-state index in [-0.39, 0.29) is 16.2 Å². The van der Waals surface area contributed by atoms with Gasteiger partial charge in [0.1, 0.15) is 22.3 Å². The molecule has 1 fully saturated rings. The number of hydrogen-bond acceptors (Lipinski definition) is 3. The summed E-state index contributed by atoms with van der Waals surface area (Å²) in [5.41, 5.74) is 5.61. The fraction of sp³-hybridized carbons (Fsp3) is 0.417. The Labute approximate surface area is 110 Å². The maximum Gasteiger partial charge on any atom is 0.150 e. The molecule has 1 saturated heterocycles. The first-order valence-corrected chi connectivity index (χ1v) is 6.12. The topological polar surface area (TPSA) is 32.5 Å². The number of anilines is 1. The molecule has 0 aliphatic carbocycles. The number of nitrogens with zero attached hydrogens (tertiary/aromatic N) is 2. The molecule has 0 amide bonds. The Morgan fingerprint density at radius 1 is 1.17 bits per heavy atom. The first-order valence-electron chi connectivity index (χ1n) is 5.71. The van der Waals surface area contributed by atoms with Crippen molar-refractivity contribution >= 4 is 22.9 Å². The van der Waals surface area contributed by atoms with E-state index < -0.39 is 11.6 Å². The summed E-state index contributed by atoms with van der Waals surface area (Å²) in [4.78, 5) is 3.83. The molecule has 98 valence electrons. The summed E-state index contributed by atoms with van der Waals surface area (Å²) >= 11 is 4.72. The molecule has 18 heavy (non-hydrogen) atoms. The van der Waals surface area contributed by atoms with E-state index in [1.165, 1.54) is 12.1 Å². The summed E-state index contributed by atoms with van der Waals surface area (Å²) in [6, 6.07) is 2.39. The van der Waals surface area contributed by atoms with Gasteiger partial charge in [-0.2, -0.15) is 0 Å². The van der Waals surface area contributed by atoms with Crippen molar-refractivity contribution in [2.24, 2.45) is 5.73 Å². The van der Waals surface area contributed by atoms with Gasteiger partial charge in [0.2, 0.25) is 0 Å². The number of hydrogen-bond donors (Lipinski definition) is 1. The first-order chi connectivity index (χ1) is 8.49. The molecule has 0 atom stereocenters. The number of halogens is 2. The fourth-order valence-corrected chi connectivity index (χ4v) is 2.16. The lowest BCUT2D eigenvalue weighted by atomic mass is 10.1. The van der Waals surface area contributed by atoms with E-state index in [2.05, 4.69) is 4.90 Å². The lowest BCUT2D eigenvalue weighted by molar-refractivity contribution is 0.310. The van der Waals surface area contributed by atoms with Crippen LogP contribution in [0.1, 0.15) is 5.56 Å². The third-order valence-electron chi connectivity index (χ3n) is 3.12. The van der Waals surface area contributed by atoms with Gasteiger partial charge in [0.25, 0.3) is 0 Å². The van der Waals surface area contributed by atoms with Crippen molar-refractivity contribution in [1.29, 1.82) is 0 Å². The molecular weight excluding hydrogens is 256 g/mol. The summed E-state index contributed by atoms with van der Waals surface area (Å²) in [5.74, 6) is -1.22. The third-order valence-corrected chi connectivity index (χ3v) is 3.36. The highest BCUT2D eigenvalue weighted by Gasteiger charge is 2.21. The van der Waals surface area contributed by atoms with Crippen LogP contribution in [0, 0.1) is 11.6 Å². The van der Waals surface area contributed by atoms with Crippen molar-refractivity contribution < 1.29 is 8.78 Å². The third kappa shape index (κ3) is 2.59. The Kier molecular flexibility index (Phi) is 3.77. The van der Waals surface area contributed by atoms with Crippen molar-refractivity contribution in [3.8, 4) is 0 Å². The van der Waals surface area contributed by atoms with Crippen LogP contribution in [0.25, 0.3) is 0 Å². The van der Waals surface area contributed by atoms with Gasteiger partial charge in [-0.25, -0.2) is 8.78 Å². The van der Waals surface area contributed by atoms with Gasteiger partial charge in [0.15, 0.2) is 0 Å². The Bertz CT molecular complexity index is 447. The second kappa shape index (κ2) is 5.16. The van der Waals surface area contributed by atoms with Gasteiger partial charge < -0.3 is 15.5 Å². The van der Waals surface area contributed by atoms with Crippen molar-refractivity contribution in [1.82, 2.24) is 4.90 Å². The molecule has 0 saturated carbocycles. The summed E-state index contributed by atoms with van der Waals surface area (Å²) in [7, 11) is 1.99. The zero-order chi connectivity index (χ0) is 13.3. The lowest BCUT2D eigenvalue weighted by Crippen LogP contribution is -2.45. The Morgan fingerprint density at radius 3 is 2.11 bits per heavy atom. The van der Waals surface area contributed by atoms with E-state index in [0.29, 0.717) is 13.1 Å². The first kappa shape index (κ1) is 13.2. The largest absolute Gasteiger partial charge is 0.389 e. The molecule has 2 rings (SSSR count). The molecular formula is C12H15F2N3S. The van der Waals surface area contributed by atoms with Gasteiger partial charge in [0.05, 0.1) is 0 Å². The molecule has 1 aromatic rings. The van der Waals surface area contributed by atoms with Crippen molar-refractivity contribution in [3.63, 3.8) is 0 Å². The van der Waals surface area contributed by atoms with Gasteiger partial charge in [-0.1, -0.05) is 12.2 Å². The molecule has 1 aliphatic heterocycles. The minimum absolute atomic E-state index is 0.00210. The monoisotopic (exact) mass is 271 g/mol. The van der Waals surface area contributed by atoms with Crippen LogP contribution in [0.2, 0.25) is 0 Å². The van der Waals surface area contributed by atoms with Crippen LogP contribution in [0.3, 0.4) is 0 Å². The van der Waals surface area contributed by atoms with Gasteiger partial charge in [-0.15, -0.1) is 0 Å². The highest BCUT2D eigenvalue weighted by atomic mass is 32.1. The zero-order valence-corrected chi connectivity index (χ0v) is 10.9. The van der Waals surface area contributed by atoms with Crippen molar-refractivity contribution in [3.05, 3.63) is 29.3 Å². The second-order valence-electron chi connectivity index (χ2n) is 4.44. The lowest BCUT2D eigenvalue weighted by Gasteiger charge is -2.34. The van der Waals surface area contributed by atoms with Crippen LogP contribution in [0.4, 0.5) is 14.5 Å². The maximum absolute atomic E-state index is 13.9. The van der Waals surface area contributed by atoms with Gasteiger partial charge in [-0.05, 0) is 19.2 Å². The summed E-state index contributed by atoms with van der Waals surface area (Å²) < 4.78 is 27.9. The standard InChI is InChI=1S/C12H15F2N3S/c1-16-2-4-17(5-3-16)11-9(13)6-8(12(15)18)7-10(11)14/h6-7H,2-5H2,1H3,(H2,15,18). The van der Waals surface area contributed by atoms with Gasteiger partial charge in [-0.3, -0.25) is 0 Å². The van der Waals surface area contributed by atoms with Crippen LogP contribution in [0.15, 0.2) is 12.1 Å². The average Bonchev–Trinajstić information content (AvgIpc) is 2.30. The molecule has 0 radical (unpaired) electrons. The molecule has 1 aromatic carbocycles. The van der Waals surface area contributed by atoms with E-state index >= 15 is 0 Å².